The van der Waals surface area contributed by atoms with Crippen molar-refractivity contribution in [2.75, 3.05) is 25.4 Å². The zero-order chi connectivity index (χ0) is 23.5. The quantitative estimate of drug-likeness (QED) is 0.0959. The highest BCUT2D eigenvalue weighted by atomic mass is 35.5. The van der Waals surface area contributed by atoms with Crippen molar-refractivity contribution in [3.63, 3.8) is 0 Å². The topological polar surface area (TPSA) is 194 Å². The van der Waals surface area contributed by atoms with E-state index in [1.54, 1.807) is 0 Å². The van der Waals surface area contributed by atoms with Crippen molar-refractivity contribution in [2.45, 2.75) is 12.1 Å². The molecule has 1 fully saturated rings. The number of oxime groups is 1. The van der Waals surface area contributed by atoms with E-state index in [0.29, 0.717) is 0 Å². The maximum atomic E-state index is 12.7. The minimum Gasteiger partial charge on any atom is -0.467 e. The van der Waals surface area contributed by atoms with Crippen molar-refractivity contribution in [1.29, 1.82) is 0 Å². The van der Waals surface area contributed by atoms with Gasteiger partial charge in [0.05, 0.1) is 7.11 Å². The smallest absolute Gasteiger partial charge is 0.363 e. The van der Waals surface area contributed by atoms with Gasteiger partial charge in [0.25, 0.3) is 11.8 Å². The number of thiazole rings is 1. The lowest BCUT2D eigenvalue weighted by atomic mass is 9.98. The molecule has 1 aromatic heterocycles. The molecule has 31 heavy (non-hydrogen) atoms. The lowest BCUT2D eigenvalue weighted by molar-refractivity contribution is -0.162. The fraction of sp³-hybridized carbons (Fsp3) is 0.385. The highest BCUT2D eigenvalue weighted by Gasteiger charge is 2.58. The molecule has 0 unspecified atom stereocenters. The Morgan fingerprint density at radius 3 is 2.52 bits per heavy atom. The van der Waals surface area contributed by atoms with E-state index in [1.807, 2.05) is 0 Å². The number of ether oxygens (including phenoxy) is 1. The van der Waals surface area contributed by atoms with Crippen molar-refractivity contribution < 1.29 is 41.7 Å². The molecule has 3 N–H and O–H groups in total. The van der Waals surface area contributed by atoms with Crippen LogP contribution in [0.5, 0.6) is 0 Å². The van der Waals surface area contributed by atoms with Gasteiger partial charge in [0.15, 0.2) is 16.9 Å². The third kappa shape index (κ3) is 5.21. The minimum atomic E-state index is -5.09. The molecule has 1 aliphatic rings. The Bertz CT molecular complexity index is 1060. The number of amides is 3. The summed E-state index contributed by atoms with van der Waals surface area (Å²) in [6, 6.07) is -3.57. The molecule has 2 atom stereocenters. The first-order chi connectivity index (χ1) is 14.5. The molecule has 1 aliphatic heterocycles. The largest absolute Gasteiger partial charge is 0.467 e. The normalized spacial score (nSPS) is 18.8. The Morgan fingerprint density at radius 2 is 2.00 bits per heavy atom. The van der Waals surface area contributed by atoms with Crippen LogP contribution in [0.15, 0.2) is 5.16 Å². The predicted octanol–water partition coefficient (Wildman–Crippen LogP) is -1.00. The van der Waals surface area contributed by atoms with Gasteiger partial charge in [0.1, 0.15) is 29.1 Å². The van der Waals surface area contributed by atoms with Gasteiger partial charge in [-0.3, -0.25) is 18.9 Å². The van der Waals surface area contributed by atoms with E-state index in [1.165, 1.54) is 0 Å². The van der Waals surface area contributed by atoms with Gasteiger partial charge in [0, 0.05) is 0 Å². The van der Waals surface area contributed by atoms with Gasteiger partial charge in [-0.1, -0.05) is 28.1 Å². The highest BCUT2D eigenvalue weighted by Crippen LogP contribution is 2.29. The number of alkyl halides is 1. The number of carbonyl (C=O) groups excluding carboxylic acids is 4. The average Bonchev–Trinajstić information content (AvgIpc) is 3.05. The van der Waals surface area contributed by atoms with Crippen LogP contribution in [0.2, 0.25) is 4.34 Å². The van der Waals surface area contributed by atoms with Gasteiger partial charge in [-0.15, -0.1) is 11.6 Å². The number of halogens is 2. The molecular formula is C13H13Cl2N5O9S2. The second-order valence-corrected chi connectivity index (χ2v) is 8.63. The second-order valence-electron chi connectivity index (χ2n) is 5.48. The molecule has 3 amide bonds. The summed E-state index contributed by atoms with van der Waals surface area (Å²) >= 11 is 12.2. The van der Waals surface area contributed by atoms with Crippen molar-refractivity contribution in [2.24, 2.45) is 5.16 Å². The molecule has 2 rings (SSSR count). The number of carbonyl (C=O) groups is 4. The van der Waals surface area contributed by atoms with Crippen LogP contribution < -0.4 is 10.6 Å². The maximum Gasteiger partial charge on any atom is 0.363 e. The summed E-state index contributed by atoms with van der Waals surface area (Å²) in [7, 11) is -3.09. The zero-order valence-electron chi connectivity index (χ0n) is 15.5. The van der Waals surface area contributed by atoms with Crippen LogP contribution in [0.25, 0.3) is 0 Å². The molecule has 170 valence electrons. The number of hydrogen-bond acceptors (Lipinski definition) is 11. The predicted molar refractivity (Wildman–Crippen MR) is 106 cm³/mol. The first-order valence-corrected chi connectivity index (χ1v) is 10.9. The molecule has 1 aromatic rings. The highest BCUT2D eigenvalue weighted by molar-refractivity contribution is 7.84. The molecule has 0 saturated carbocycles. The van der Waals surface area contributed by atoms with Crippen LogP contribution in [-0.2, 0) is 39.1 Å². The summed E-state index contributed by atoms with van der Waals surface area (Å²) in [5.74, 6) is -4.62. The number of nitrogens with one attached hydrogen (secondary N) is 2. The molecule has 0 spiro atoms. The van der Waals surface area contributed by atoms with E-state index in [2.05, 4.69) is 30.3 Å². The Kier molecular flexibility index (Phi) is 7.77. The molecule has 0 bridgehead atoms. The maximum absolute atomic E-state index is 12.7. The van der Waals surface area contributed by atoms with Gasteiger partial charge in [-0.2, -0.15) is 12.7 Å². The molecular weight excluding hydrogens is 505 g/mol. The minimum absolute atomic E-state index is 0.0213. The van der Waals surface area contributed by atoms with E-state index in [4.69, 9.17) is 27.8 Å². The van der Waals surface area contributed by atoms with Crippen LogP contribution in [0.3, 0.4) is 0 Å². The number of β-lactam (4-membered cyclic amide) rings is 1. The summed E-state index contributed by atoms with van der Waals surface area (Å²) in [4.78, 5) is 56.6. The Balaban J connectivity index is 2.31. The molecule has 18 heteroatoms. The Hall–Kier alpha value is -2.53. The summed E-state index contributed by atoms with van der Waals surface area (Å²) in [6.45, 7) is 0. The third-order valence-electron chi connectivity index (χ3n) is 3.60. The lowest BCUT2D eigenvalue weighted by Gasteiger charge is -2.41. The van der Waals surface area contributed by atoms with Gasteiger partial charge in [-0.25, -0.2) is 9.78 Å². The van der Waals surface area contributed by atoms with Crippen LogP contribution >= 0.6 is 34.5 Å². The third-order valence-corrected chi connectivity index (χ3v) is 5.92. The second kappa shape index (κ2) is 9.73. The van der Waals surface area contributed by atoms with Crippen molar-refractivity contribution in [1.82, 2.24) is 14.6 Å². The monoisotopic (exact) mass is 517 g/mol. The summed E-state index contributed by atoms with van der Waals surface area (Å²) in [5, 5.41) is 7.86. The first kappa shape index (κ1) is 24.7. The Morgan fingerprint density at radius 1 is 1.35 bits per heavy atom. The summed E-state index contributed by atoms with van der Waals surface area (Å²) in [5.41, 5.74) is -0.805. The molecule has 14 nitrogen and oxygen atoms in total. The number of anilines is 1. The fourth-order valence-corrected chi connectivity index (χ4v) is 4.32. The van der Waals surface area contributed by atoms with Crippen LogP contribution in [0.4, 0.5) is 5.13 Å². The summed E-state index contributed by atoms with van der Waals surface area (Å²) in [6.07, 6.45) is 0. The fourth-order valence-electron chi connectivity index (χ4n) is 2.36. The molecule has 0 radical (unpaired) electrons. The molecule has 0 aromatic carbocycles. The van der Waals surface area contributed by atoms with Crippen LogP contribution in [0.1, 0.15) is 5.69 Å². The number of hydrogen-bond donors (Lipinski definition) is 3. The van der Waals surface area contributed by atoms with E-state index in [-0.39, 0.29) is 25.3 Å². The van der Waals surface area contributed by atoms with Gasteiger partial charge in [0.2, 0.25) is 5.91 Å². The van der Waals surface area contributed by atoms with Crippen molar-refractivity contribution in [3.05, 3.63) is 10.0 Å². The molecule has 1 saturated heterocycles. The van der Waals surface area contributed by atoms with E-state index >= 15 is 0 Å². The lowest BCUT2D eigenvalue weighted by Crippen LogP contribution is -2.74. The van der Waals surface area contributed by atoms with Gasteiger partial charge in [-0.05, 0) is 0 Å². The number of aromatic nitrogens is 1. The van der Waals surface area contributed by atoms with Gasteiger partial charge < -0.3 is 20.2 Å². The SMILES string of the molecule is CON=C(C(=O)N[C@@H]1C(=O)N(S(=O)(=O)O)[C@@H]1C(=O)OC)c1nc(NC(=O)CCl)sc1Cl. The Labute approximate surface area is 188 Å². The van der Waals surface area contributed by atoms with Crippen LogP contribution in [-0.4, -0.2) is 83.8 Å². The number of nitrogens with zero attached hydrogens (tertiary/aromatic N) is 3. The molecule has 0 aliphatic carbocycles. The summed E-state index contributed by atoms with van der Waals surface area (Å²) < 4.78 is 35.9. The van der Waals surface area contributed by atoms with Crippen molar-refractivity contribution >= 4 is 79.4 Å². The average molecular weight is 518 g/mol. The molecule has 2 heterocycles. The van der Waals surface area contributed by atoms with Crippen molar-refractivity contribution in [3.8, 4) is 0 Å². The zero-order valence-corrected chi connectivity index (χ0v) is 18.6. The number of rotatable bonds is 8. The number of esters is 1. The standard InChI is InChI=1S/C13H13Cl2N5O9S2/c1-28-12(24)8-7(11(23)20(8)31(25,26)27)17-10(22)6(19-29-2)5-9(15)30-13(18-5)16-4(21)3-14/h7-8H,3H2,1-2H3,(H,17,22)(H,16,18,21)(H,25,26,27)/t7-,8-/m0/s1. The van der Waals surface area contributed by atoms with E-state index < -0.39 is 51.8 Å². The first-order valence-electron chi connectivity index (χ1n) is 7.79. The van der Waals surface area contributed by atoms with Gasteiger partial charge >= 0.3 is 16.3 Å². The van der Waals surface area contributed by atoms with E-state index in [0.717, 1.165) is 25.6 Å². The van der Waals surface area contributed by atoms with Crippen LogP contribution in [0, 0.1) is 0 Å². The van der Waals surface area contributed by atoms with E-state index in [9.17, 15) is 27.6 Å². The number of methoxy groups -OCH3 is 1.